The van der Waals surface area contributed by atoms with Crippen molar-refractivity contribution in [2.75, 3.05) is 31.2 Å². The molecule has 4 rings (SSSR count). The number of sulfonamides is 1. The zero-order chi connectivity index (χ0) is 16.2. The van der Waals surface area contributed by atoms with E-state index in [-0.39, 0.29) is 5.54 Å². The number of imidazole rings is 1. The van der Waals surface area contributed by atoms with Gasteiger partial charge in [-0.05, 0) is 26.2 Å². The van der Waals surface area contributed by atoms with Gasteiger partial charge in [0.15, 0.2) is 0 Å². The van der Waals surface area contributed by atoms with Gasteiger partial charge in [0.05, 0.1) is 24.3 Å². The Morgan fingerprint density at radius 3 is 2.70 bits per heavy atom. The Labute approximate surface area is 135 Å². The van der Waals surface area contributed by atoms with Crippen molar-refractivity contribution in [3.05, 3.63) is 18.1 Å². The normalized spacial score (nSPS) is 21.3. The number of rotatable bonds is 2. The fourth-order valence-electron chi connectivity index (χ4n) is 3.72. The molecule has 2 aromatic heterocycles. The number of piperidine rings is 1. The van der Waals surface area contributed by atoms with Crippen molar-refractivity contribution >= 4 is 26.9 Å². The van der Waals surface area contributed by atoms with Gasteiger partial charge >= 0.3 is 0 Å². The highest BCUT2D eigenvalue weighted by Crippen LogP contribution is 2.36. The number of nitrogens with one attached hydrogen (secondary N) is 1. The molecule has 0 amide bonds. The predicted molar refractivity (Wildman–Crippen MR) is 89.0 cm³/mol. The van der Waals surface area contributed by atoms with Crippen LogP contribution in [0.25, 0.3) is 11.0 Å². The van der Waals surface area contributed by atoms with E-state index < -0.39 is 10.0 Å². The molecule has 4 heterocycles. The average molecular weight is 335 g/mol. The second-order valence-electron chi connectivity index (χ2n) is 6.77. The van der Waals surface area contributed by atoms with E-state index >= 15 is 0 Å². The highest BCUT2D eigenvalue weighted by atomic mass is 32.2. The third kappa shape index (κ3) is 2.31. The van der Waals surface area contributed by atoms with Crippen LogP contribution >= 0.6 is 0 Å². The summed E-state index contributed by atoms with van der Waals surface area (Å²) in [7, 11) is -3.11. The van der Waals surface area contributed by atoms with E-state index in [2.05, 4.69) is 26.8 Å². The number of hydrogen-bond acceptors (Lipinski definition) is 5. The van der Waals surface area contributed by atoms with Crippen LogP contribution in [0.4, 0.5) is 5.82 Å². The number of fused-ring (bicyclic) bond motifs is 3. The molecular weight excluding hydrogens is 314 g/mol. The molecule has 0 saturated carbocycles. The van der Waals surface area contributed by atoms with Crippen LogP contribution in [0.1, 0.15) is 25.3 Å². The van der Waals surface area contributed by atoms with Gasteiger partial charge in [0, 0.05) is 30.7 Å². The lowest BCUT2D eigenvalue weighted by Gasteiger charge is -2.39. The second-order valence-corrected chi connectivity index (χ2v) is 8.75. The zero-order valence-corrected chi connectivity index (χ0v) is 14.2. The number of aromatic nitrogens is 3. The molecule has 7 nitrogen and oxygen atoms in total. The van der Waals surface area contributed by atoms with E-state index in [1.807, 2.05) is 12.5 Å². The van der Waals surface area contributed by atoms with Crippen LogP contribution in [-0.2, 0) is 22.0 Å². The zero-order valence-electron chi connectivity index (χ0n) is 13.4. The summed E-state index contributed by atoms with van der Waals surface area (Å²) in [6.07, 6.45) is 7.52. The fraction of sp³-hybridized carbons (Fsp3) is 0.600. The number of hydrogen-bond donors (Lipinski definition) is 1. The summed E-state index contributed by atoms with van der Waals surface area (Å²) in [5, 5.41) is 3.31. The molecular formula is C15H21N5O2S. The van der Waals surface area contributed by atoms with Gasteiger partial charge in [-0.1, -0.05) is 0 Å². The molecule has 124 valence electrons. The molecule has 0 aromatic carbocycles. The molecule has 0 spiro atoms. The van der Waals surface area contributed by atoms with E-state index in [0.717, 1.165) is 42.7 Å². The lowest BCUT2D eigenvalue weighted by molar-refractivity contribution is 0.184. The molecule has 1 saturated heterocycles. The van der Waals surface area contributed by atoms with Crippen LogP contribution in [-0.4, -0.2) is 53.1 Å². The lowest BCUT2D eigenvalue weighted by atomic mass is 9.90. The standard InChI is InChI=1S/C15H21N5O2S/c1-15(4-7-19(8-5-15)23(2,21)22)20-10-18-12-9-17-14-11(13(12)20)3-6-16-14/h9-10H,3-8H2,1-2H3,(H,16,17). The van der Waals surface area contributed by atoms with Gasteiger partial charge in [-0.3, -0.25) is 0 Å². The van der Waals surface area contributed by atoms with Gasteiger partial charge in [0.2, 0.25) is 10.0 Å². The maximum Gasteiger partial charge on any atom is 0.211 e. The number of anilines is 1. The van der Waals surface area contributed by atoms with Crippen LogP contribution in [0.15, 0.2) is 12.5 Å². The molecule has 0 radical (unpaired) electrons. The Balaban J connectivity index is 1.74. The molecule has 2 aliphatic heterocycles. The van der Waals surface area contributed by atoms with Gasteiger partial charge in [-0.2, -0.15) is 0 Å². The van der Waals surface area contributed by atoms with Gasteiger partial charge < -0.3 is 9.88 Å². The van der Waals surface area contributed by atoms with Gasteiger partial charge in [0.25, 0.3) is 0 Å². The quantitative estimate of drug-likeness (QED) is 0.891. The Kier molecular flexibility index (Phi) is 3.18. The Morgan fingerprint density at radius 1 is 1.26 bits per heavy atom. The summed E-state index contributed by atoms with van der Waals surface area (Å²) in [6.45, 7) is 4.22. The van der Waals surface area contributed by atoms with Crippen molar-refractivity contribution in [2.24, 2.45) is 0 Å². The third-order valence-electron chi connectivity index (χ3n) is 5.20. The van der Waals surface area contributed by atoms with Crippen LogP contribution in [0.3, 0.4) is 0 Å². The van der Waals surface area contributed by atoms with E-state index in [0.29, 0.717) is 13.1 Å². The van der Waals surface area contributed by atoms with E-state index in [4.69, 9.17) is 0 Å². The minimum Gasteiger partial charge on any atom is -0.369 e. The number of pyridine rings is 1. The minimum absolute atomic E-state index is 0.117. The topological polar surface area (TPSA) is 80.1 Å². The van der Waals surface area contributed by atoms with Crippen molar-refractivity contribution in [1.82, 2.24) is 18.8 Å². The van der Waals surface area contributed by atoms with Crippen molar-refractivity contribution in [3.8, 4) is 0 Å². The molecule has 0 bridgehead atoms. The summed E-state index contributed by atoms with van der Waals surface area (Å²) in [6, 6.07) is 0. The fourth-order valence-corrected chi connectivity index (χ4v) is 4.56. The van der Waals surface area contributed by atoms with Crippen LogP contribution in [0, 0.1) is 0 Å². The molecule has 0 aliphatic carbocycles. The van der Waals surface area contributed by atoms with Gasteiger partial charge in [-0.15, -0.1) is 0 Å². The van der Waals surface area contributed by atoms with Gasteiger partial charge in [0.1, 0.15) is 11.3 Å². The Hall–Kier alpha value is -1.67. The first-order chi connectivity index (χ1) is 10.9. The summed E-state index contributed by atoms with van der Waals surface area (Å²) >= 11 is 0. The van der Waals surface area contributed by atoms with Crippen molar-refractivity contribution in [2.45, 2.75) is 31.7 Å². The highest BCUT2D eigenvalue weighted by molar-refractivity contribution is 7.88. The van der Waals surface area contributed by atoms with Crippen LogP contribution in [0.5, 0.6) is 0 Å². The SMILES string of the molecule is CC1(n2cnc3cnc4c(c32)CCN4)CCN(S(C)(=O)=O)CC1. The first-order valence-electron chi connectivity index (χ1n) is 7.93. The molecule has 23 heavy (non-hydrogen) atoms. The monoisotopic (exact) mass is 335 g/mol. The first kappa shape index (κ1) is 14.9. The number of nitrogens with zero attached hydrogens (tertiary/aromatic N) is 4. The van der Waals surface area contributed by atoms with E-state index in [1.54, 1.807) is 4.31 Å². The Bertz CT molecular complexity index is 865. The molecule has 1 fully saturated rings. The molecule has 2 aromatic rings. The lowest BCUT2D eigenvalue weighted by Crippen LogP contribution is -2.46. The predicted octanol–water partition coefficient (Wildman–Crippen LogP) is 1.17. The first-order valence-corrected chi connectivity index (χ1v) is 9.78. The molecule has 8 heteroatoms. The average Bonchev–Trinajstić information content (AvgIpc) is 3.12. The van der Waals surface area contributed by atoms with Crippen LogP contribution in [0.2, 0.25) is 0 Å². The summed E-state index contributed by atoms with van der Waals surface area (Å²) in [4.78, 5) is 8.96. The second kappa shape index (κ2) is 4.91. The smallest absolute Gasteiger partial charge is 0.211 e. The van der Waals surface area contributed by atoms with Crippen molar-refractivity contribution < 1.29 is 8.42 Å². The molecule has 0 atom stereocenters. The van der Waals surface area contributed by atoms with Crippen LogP contribution < -0.4 is 5.32 Å². The summed E-state index contributed by atoms with van der Waals surface area (Å²) < 4.78 is 27.3. The molecule has 0 unspecified atom stereocenters. The maximum absolute atomic E-state index is 11.7. The summed E-state index contributed by atoms with van der Waals surface area (Å²) in [5.74, 6) is 0.955. The Morgan fingerprint density at radius 2 is 2.00 bits per heavy atom. The van der Waals surface area contributed by atoms with Crippen molar-refractivity contribution in [1.29, 1.82) is 0 Å². The van der Waals surface area contributed by atoms with Gasteiger partial charge in [-0.25, -0.2) is 22.7 Å². The van der Waals surface area contributed by atoms with E-state index in [1.165, 1.54) is 11.8 Å². The summed E-state index contributed by atoms with van der Waals surface area (Å²) in [5.41, 5.74) is 3.18. The largest absolute Gasteiger partial charge is 0.369 e. The van der Waals surface area contributed by atoms with Crippen molar-refractivity contribution in [3.63, 3.8) is 0 Å². The minimum atomic E-state index is -3.11. The highest BCUT2D eigenvalue weighted by Gasteiger charge is 2.36. The third-order valence-corrected chi connectivity index (χ3v) is 6.50. The van der Waals surface area contributed by atoms with E-state index in [9.17, 15) is 8.42 Å². The molecule has 2 aliphatic rings. The molecule has 1 N–H and O–H groups in total. The maximum atomic E-state index is 11.7.